The molecule has 7 nitrogen and oxygen atoms in total. The first-order chi connectivity index (χ1) is 23.1. The summed E-state index contributed by atoms with van der Waals surface area (Å²) in [5, 5.41) is 0. The van der Waals surface area contributed by atoms with E-state index in [1.54, 1.807) is 14.2 Å². The minimum atomic E-state index is -0.436. The minimum Gasteiger partial charge on any atom is -0.353 e. The largest absolute Gasteiger partial charge is 0.353 e. The summed E-state index contributed by atoms with van der Waals surface area (Å²) in [5.74, 6) is 0. The van der Waals surface area contributed by atoms with E-state index >= 15 is 0 Å². The molecule has 0 aromatic rings. The lowest BCUT2D eigenvalue weighted by Crippen LogP contribution is -2.22. The summed E-state index contributed by atoms with van der Waals surface area (Å²) in [6.07, 6.45) is 32.1. The molecule has 0 aliphatic carbocycles. The summed E-state index contributed by atoms with van der Waals surface area (Å²) < 4.78 is 41.3. The van der Waals surface area contributed by atoms with Crippen molar-refractivity contribution in [3.8, 4) is 0 Å². The highest BCUT2D eigenvalue weighted by Gasteiger charge is 2.12. The molecule has 0 aromatic heterocycles. The molecule has 0 rings (SSSR count). The van der Waals surface area contributed by atoms with Gasteiger partial charge in [-0.2, -0.15) is 0 Å². The Morgan fingerprint density at radius 3 is 1.04 bits per heavy atom. The van der Waals surface area contributed by atoms with Crippen molar-refractivity contribution in [1.29, 1.82) is 0 Å². The smallest absolute Gasteiger partial charge is 0.179 e. The molecular formula is C40H78O7. The van der Waals surface area contributed by atoms with Gasteiger partial charge in [-0.25, -0.2) is 0 Å². The number of methoxy groups -OCH3 is 2. The molecule has 0 aromatic carbocycles. The molecule has 0 aliphatic rings. The van der Waals surface area contributed by atoms with Crippen molar-refractivity contribution in [2.75, 3.05) is 40.6 Å². The van der Waals surface area contributed by atoms with Gasteiger partial charge < -0.3 is 33.2 Å². The SMILES string of the molecule is CCCCCOC(CCCCCC=CC(OC)OC(C=CCCCCCC(OCCCCC)OCCCCC)OC)OCCCCC. The van der Waals surface area contributed by atoms with Gasteiger partial charge in [-0.3, -0.25) is 0 Å². The maximum Gasteiger partial charge on any atom is 0.179 e. The minimum absolute atomic E-state index is 0.0590. The topological polar surface area (TPSA) is 64.6 Å². The number of rotatable bonds is 38. The zero-order chi connectivity index (χ0) is 34.5. The van der Waals surface area contributed by atoms with Crippen LogP contribution in [0.15, 0.2) is 24.3 Å². The van der Waals surface area contributed by atoms with Crippen LogP contribution in [0.25, 0.3) is 0 Å². The third-order valence-electron chi connectivity index (χ3n) is 8.15. The molecule has 0 spiro atoms. The molecule has 7 heteroatoms. The predicted octanol–water partition coefficient (Wildman–Crippen LogP) is 11.4. The molecule has 0 saturated carbocycles. The number of allylic oxidation sites excluding steroid dienone is 2. The Kier molecular flexibility index (Phi) is 37.4. The highest BCUT2D eigenvalue weighted by atomic mass is 16.8. The van der Waals surface area contributed by atoms with Crippen LogP contribution >= 0.6 is 0 Å². The molecular weight excluding hydrogens is 592 g/mol. The first-order valence-corrected chi connectivity index (χ1v) is 19.7. The Balaban J connectivity index is 4.27. The molecule has 280 valence electrons. The number of hydrogen-bond acceptors (Lipinski definition) is 7. The van der Waals surface area contributed by atoms with Gasteiger partial charge in [-0.1, -0.05) is 104 Å². The summed E-state index contributed by atoms with van der Waals surface area (Å²) in [5.41, 5.74) is 0. The van der Waals surface area contributed by atoms with E-state index in [-0.39, 0.29) is 12.6 Å². The Bertz CT molecular complexity index is 578. The van der Waals surface area contributed by atoms with Crippen LogP contribution in [0.4, 0.5) is 0 Å². The van der Waals surface area contributed by atoms with Gasteiger partial charge in [0.1, 0.15) is 0 Å². The first-order valence-electron chi connectivity index (χ1n) is 19.7. The lowest BCUT2D eigenvalue weighted by Gasteiger charge is -2.19. The van der Waals surface area contributed by atoms with E-state index in [9.17, 15) is 0 Å². The molecule has 0 bridgehead atoms. The molecule has 0 radical (unpaired) electrons. The van der Waals surface area contributed by atoms with E-state index in [1.165, 1.54) is 51.4 Å². The molecule has 0 aliphatic heterocycles. The van der Waals surface area contributed by atoms with Crippen molar-refractivity contribution >= 4 is 0 Å². The van der Waals surface area contributed by atoms with Gasteiger partial charge in [-0.05, 0) is 89.2 Å². The molecule has 0 fully saturated rings. The van der Waals surface area contributed by atoms with Gasteiger partial charge in [0.05, 0.1) is 0 Å². The average molecular weight is 671 g/mol. The summed E-state index contributed by atoms with van der Waals surface area (Å²) >= 11 is 0. The van der Waals surface area contributed by atoms with Crippen molar-refractivity contribution in [3.63, 3.8) is 0 Å². The molecule has 0 N–H and O–H groups in total. The zero-order valence-electron chi connectivity index (χ0n) is 31.9. The molecule has 47 heavy (non-hydrogen) atoms. The first kappa shape index (κ1) is 46.2. The second-order valence-electron chi connectivity index (χ2n) is 12.6. The van der Waals surface area contributed by atoms with E-state index in [0.29, 0.717) is 0 Å². The quantitative estimate of drug-likeness (QED) is 0.0368. The Labute approximate surface area is 291 Å². The predicted molar refractivity (Wildman–Crippen MR) is 197 cm³/mol. The molecule has 2 unspecified atom stereocenters. The third-order valence-corrected chi connectivity index (χ3v) is 8.15. The maximum atomic E-state index is 6.05. The second-order valence-corrected chi connectivity index (χ2v) is 12.6. The number of ether oxygens (including phenoxy) is 7. The van der Waals surface area contributed by atoms with E-state index in [0.717, 1.165) is 116 Å². The van der Waals surface area contributed by atoms with Gasteiger partial charge in [0, 0.05) is 40.6 Å². The van der Waals surface area contributed by atoms with Crippen LogP contribution in [0.2, 0.25) is 0 Å². The van der Waals surface area contributed by atoms with Crippen LogP contribution in [-0.2, 0) is 33.2 Å². The van der Waals surface area contributed by atoms with E-state index in [4.69, 9.17) is 33.2 Å². The van der Waals surface area contributed by atoms with Crippen LogP contribution < -0.4 is 0 Å². The lowest BCUT2D eigenvalue weighted by molar-refractivity contribution is -0.188. The molecule has 0 heterocycles. The van der Waals surface area contributed by atoms with Crippen molar-refractivity contribution < 1.29 is 33.2 Å². The van der Waals surface area contributed by atoms with Crippen LogP contribution in [-0.4, -0.2) is 65.8 Å². The zero-order valence-corrected chi connectivity index (χ0v) is 31.9. The van der Waals surface area contributed by atoms with E-state index in [1.807, 2.05) is 12.2 Å². The van der Waals surface area contributed by atoms with E-state index in [2.05, 4.69) is 39.8 Å². The van der Waals surface area contributed by atoms with Crippen molar-refractivity contribution in [3.05, 3.63) is 24.3 Å². The van der Waals surface area contributed by atoms with Crippen LogP contribution in [0, 0.1) is 0 Å². The Morgan fingerprint density at radius 2 is 0.745 bits per heavy atom. The van der Waals surface area contributed by atoms with Gasteiger partial charge >= 0.3 is 0 Å². The summed E-state index contributed by atoms with van der Waals surface area (Å²) in [6, 6.07) is 0. The van der Waals surface area contributed by atoms with Crippen molar-refractivity contribution in [2.24, 2.45) is 0 Å². The van der Waals surface area contributed by atoms with Gasteiger partial charge in [0.2, 0.25) is 0 Å². The second kappa shape index (κ2) is 38.0. The fourth-order valence-corrected chi connectivity index (χ4v) is 5.10. The standard InChI is InChI=1S/C40H78O7/c1-7-11-25-33-43-39(44-34-26-12-8-2)31-23-19-15-17-21-29-37(41-5)47-38(42-6)30-22-18-16-20-24-32-40(45-35-27-13-9-3)46-36-28-14-10-4/h21-22,29-30,37-40H,7-20,23-28,31-36H2,1-6H3. The highest BCUT2D eigenvalue weighted by Crippen LogP contribution is 2.15. The Hall–Kier alpha value is -0.800. The molecule has 2 atom stereocenters. The van der Waals surface area contributed by atoms with Crippen molar-refractivity contribution in [2.45, 2.75) is 194 Å². The van der Waals surface area contributed by atoms with Gasteiger partial charge in [-0.15, -0.1) is 0 Å². The summed E-state index contributed by atoms with van der Waals surface area (Å²) in [6.45, 7) is 12.1. The van der Waals surface area contributed by atoms with Gasteiger partial charge in [0.25, 0.3) is 0 Å². The van der Waals surface area contributed by atoms with Crippen molar-refractivity contribution in [1.82, 2.24) is 0 Å². The van der Waals surface area contributed by atoms with Crippen LogP contribution in [0.3, 0.4) is 0 Å². The average Bonchev–Trinajstić information content (AvgIpc) is 3.09. The Morgan fingerprint density at radius 1 is 0.404 bits per heavy atom. The third kappa shape index (κ3) is 32.2. The fourth-order valence-electron chi connectivity index (χ4n) is 5.10. The van der Waals surface area contributed by atoms with Gasteiger partial charge in [0.15, 0.2) is 25.2 Å². The number of hydrogen-bond donors (Lipinski definition) is 0. The van der Waals surface area contributed by atoms with Crippen LogP contribution in [0.5, 0.6) is 0 Å². The molecule has 0 amide bonds. The monoisotopic (exact) mass is 671 g/mol. The highest BCUT2D eigenvalue weighted by molar-refractivity contribution is 4.89. The number of unbranched alkanes of at least 4 members (excludes halogenated alkanes) is 14. The summed E-state index contributed by atoms with van der Waals surface area (Å²) in [7, 11) is 3.34. The normalized spacial score (nSPS) is 13.6. The fraction of sp³-hybridized carbons (Fsp3) is 0.900. The maximum absolute atomic E-state index is 6.05. The summed E-state index contributed by atoms with van der Waals surface area (Å²) in [4.78, 5) is 0. The lowest BCUT2D eigenvalue weighted by atomic mass is 10.1. The van der Waals surface area contributed by atoms with E-state index < -0.39 is 12.6 Å². The molecule has 0 saturated heterocycles. The van der Waals surface area contributed by atoms with Crippen LogP contribution in [0.1, 0.15) is 169 Å².